The molecule has 1 aromatic carbocycles. The summed E-state index contributed by atoms with van der Waals surface area (Å²) in [6, 6.07) is 6.40. The molecule has 1 saturated heterocycles. The largest absolute Gasteiger partial charge is 0.478 e. The molecule has 0 aliphatic carbocycles. The van der Waals surface area contributed by atoms with Crippen molar-refractivity contribution in [1.82, 2.24) is 10.6 Å². The lowest BCUT2D eigenvalue weighted by Crippen LogP contribution is -2.41. The summed E-state index contributed by atoms with van der Waals surface area (Å²) in [7, 11) is 0. The second-order valence-electron chi connectivity index (χ2n) is 5.07. The predicted molar refractivity (Wildman–Crippen MR) is 77.2 cm³/mol. The maximum atomic E-state index is 11.8. The number of carbonyl (C=O) groups is 2. The molecular formula is C15H20N2O4. The Hall–Kier alpha value is -2.08. The first kappa shape index (κ1) is 15.3. The van der Waals surface area contributed by atoms with Gasteiger partial charge in [0.15, 0.2) is 0 Å². The van der Waals surface area contributed by atoms with Gasteiger partial charge in [-0.25, -0.2) is 9.59 Å². The van der Waals surface area contributed by atoms with Crippen LogP contribution in [0.25, 0.3) is 0 Å². The fraction of sp³-hybridized carbons (Fsp3) is 0.467. The van der Waals surface area contributed by atoms with Crippen LogP contribution in [0.4, 0.5) is 4.79 Å². The lowest BCUT2D eigenvalue weighted by molar-refractivity contribution is 0.0697. The summed E-state index contributed by atoms with van der Waals surface area (Å²) in [6.45, 7) is 1.81. The summed E-state index contributed by atoms with van der Waals surface area (Å²) in [5.41, 5.74) is 1.10. The SMILES string of the molecule is O=C(NCc1ccc(C(=O)O)cc1)NC1CCCOCC1. The molecule has 0 saturated carbocycles. The minimum absolute atomic E-state index is 0.155. The van der Waals surface area contributed by atoms with Gasteiger partial charge in [-0.1, -0.05) is 12.1 Å². The monoisotopic (exact) mass is 292 g/mol. The fourth-order valence-electron chi connectivity index (χ4n) is 2.23. The van der Waals surface area contributed by atoms with Crippen LogP contribution in [0.1, 0.15) is 35.2 Å². The van der Waals surface area contributed by atoms with Crippen LogP contribution in [0.2, 0.25) is 0 Å². The summed E-state index contributed by atoms with van der Waals surface area (Å²) >= 11 is 0. The Morgan fingerprint density at radius 2 is 1.95 bits per heavy atom. The number of aromatic carboxylic acids is 1. The van der Waals surface area contributed by atoms with E-state index in [-0.39, 0.29) is 17.6 Å². The number of rotatable bonds is 4. The van der Waals surface area contributed by atoms with Gasteiger partial charge in [-0.15, -0.1) is 0 Å². The molecule has 6 nitrogen and oxygen atoms in total. The summed E-state index contributed by atoms with van der Waals surface area (Å²) < 4.78 is 5.35. The number of carboxylic acid groups (broad SMARTS) is 1. The van der Waals surface area contributed by atoms with E-state index in [0.29, 0.717) is 13.2 Å². The first-order chi connectivity index (χ1) is 10.1. The minimum atomic E-state index is -0.956. The maximum Gasteiger partial charge on any atom is 0.335 e. The average molecular weight is 292 g/mol. The quantitative estimate of drug-likeness (QED) is 0.789. The Morgan fingerprint density at radius 3 is 2.67 bits per heavy atom. The van der Waals surface area contributed by atoms with Crippen molar-refractivity contribution >= 4 is 12.0 Å². The number of benzene rings is 1. The van der Waals surface area contributed by atoms with Crippen LogP contribution in [-0.2, 0) is 11.3 Å². The smallest absolute Gasteiger partial charge is 0.335 e. The second-order valence-corrected chi connectivity index (χ2v) is 5.07. The summed E-state index contributed by atoms with van der Waals surface area (Å²) in [6.07, 6.45) is 2.73. The molecule has 0 aromatic heterocycles. The first-order valence-corrected chi connectivity index (χ1v) is 7.09. The highest BCUT2D eigenvalue weighted by Crippen LogP contribution is 2.08. The van der Waals surface area contributed by atoms with E-state index in [1.165, 1.54) is 12.1 Å². The van der Waals surface area contributed by atoms with Crippen molar-refractivity contribution < 1.29 is 19.4 Å². The van der Waals surface area contributed by atoms with Crippen LogP contribution in [0.5, 0.6) is 0 Å². The van der Waals surface area contributed by atoms with Crippen LogP contribution in [0.15, 0.2) is 24.3 Å². The van der Waals surface area contributed by atoms with E-state index < -0.39 is 5.97 Å². The number of hydrogen-bond donors (Lipinski definition) is 3. The van der Waals surface area contributed by atoms with Gasteiger partial charge in [0.2, 0.25) is 0 Å². The lowest BCUT2D eigenvalue weighted by Gasteiger charge is -2.16. The zero-order chi connectivity index (χ0) is 15.1. The van der Waals surface area contributed by atoms with Crippen LogP contribution in [-0.4, -0.2) is 36.4 Å². The van der Waals surface area contributed by atoms with Gasteiger partial charge in [-0.05, 0) is 37.0 Å². The summed E-state index contributed by atoms with van der Waals surface area (Å²) in [5, 5.41) is 14.5. The third kappa shape index (κ3) is 5.07. The molecule has 0 spiro atoms. The second kappa shape index (κ2) is 7.64. The van der Waals surface area contributed by atoms with Crippen LogP contribution in [0.3, 0.4) is 0 Å². The van der Waals surface area contributed by atoms with Gasteiger partial charge >= 0.3 is 12.0 Å². The van der Waals surface area contributed by atoms with Crippen molar-refractivity contribution in [3.63, 3.8) is 0 Å². The molecule has 114 valence electrons. The van der Waals surface area contributed by atoms with E-state index >= 15 is 0 Å². The highest BCUT2D eigenvalue weighted by molar-refractivity contribution is 5.87. The molecule has 1 aliphatic rings. The van der Waals surface area contributed by atoms with Gasteiger partial charge in [-0.3, -0.25) is 0 Å². The Balaban J connectivity index is 1.76. The van der Waals surface area contributed by atoms with E-state index in [9.17, 15) is 9.59 Å². The number of carbonyl (C=O) groups excluding carboxylic acids is 1. The van der Waals surface area contributed by atoms with Crippen molar-refractivity contribution in [2.24, 2.45) is 0 Å². The van der Waals surface area contributed by atoms with Gasteiger partial charge in [0, 0.05) is 25.8 Å². The van der Waals surface area contributed by atoms with E-state index in [2.05, 4.69) is 10.6 Å². The molecule has 1 aliphatic heterocycles. The zero-order valence-electron chi connectivity index (χ0n) is 11.8. The zero-order valence-corrected chi connectivity index (χ0v) is 11.8. The van der Waals surface area contributed by atoms with Crippen LogP contribution in [0, 0.1) is 0 Å². The van der Waals surface area contributed by atoms with E-state index in [1.54, 1.807) is 12.1 Å². The van der Waals surface area contributed by atoms with Crippen molar-refractivity contribution in [1.29, 1.82) is 0 Å². The molecule has 0 bridgehead atoms. The average Bonchev–Trinajstić information content (AvgIpc) is 2.74. The molecule has 3 N–H and O–H groups in total. The Bertz CT molecular complexity index is 479. The van der Waals surface area contributed by atoms with Gasteiger partial charge in [0.05, 0.1) is 5.56 Å². The Morgan fingerprint density at radius 1 is 1.19 bits per heavy atom. The molecule has 2 amide bonds. The van der Waals surface area contributed by atoms with Crippen molar-refractivity contribution in [3.05, 3.63) is 35.4 Å². The molecule has 21 heavy (non-hydrogen) atoms. The normalized spacial score (nSPS) is 18.6. The summed E-state index contributed by atoms with van der Waals surface area (Å²) in [5.74, 6) is -0.956. The maximum absolute atomic E-state index is 11.8. The van der Waals surface area contributed by atoms with Crippen LogP contribution < -0.4 is 10.6 Å². The van der Waals surface area contributed by atoms with Gasteiger partial charge < -0.3 is 20.5 Å². The molecule has 1 fully saturated rings. The number of amides is 2. The van der Waals surface area contributed by atoms with Crippen molar-refractivity contribution in [2.75, 3.05) is 13.2 Å². The highest BCUT2D eigenvalue weighted by Gasteiger charge is 2.14. The molecule has 1 aromatic rings. The number of carboxylic acids is 1. The van der Waals surface area contributed by atoms with Crippen molar-refractivity contribution in [3.8, 4) is 0 Å². The number of hydrogen-bond acceptors (Lipinski definition) is 3. The molecule has 1 heterocycles. The Labute approximate surface area is 123 Å². The predicted octanol–water partition coefficient (Wildman–Crippen LogP) is 1.75. The minimum Gasteiger partial charge on any atom is -0.478 e. The fourth-order valence-corrected chi connectivity index (χ4v) is 2.23. The van der Waals surface area contributed by atoms with Crippen LogP contribution >= 0.6 is 0 Å². The number of ether oxygens (including phenoxy) is 1. The molecule has 2 rings (SSSR count). The standard InChI is InChI=1S/C15H20N2O4/c18-14(19)12-5-3-11(4-6-12)10-16-15(20)17-13-2-1-8-21-9-7-13/h3-6,13H,1-2,7-10H2,(H,18,19)(H2,16,17,20). The number of nitrogens with one attached hydrogen (secondary N) is 2. The van der Waals surface area contributed by atoms with Gasteiger partial charge in [0.1, 0.15) is 0 Å². The summed E-state index contributed by atoms with van der Waals surface area (Å²) in [4.78, 5) is 22.6. The molecular weight excluding hydrogens is 272 g/mol. The highest BCUT2D eigenvalue weighted by atomic mass is 16.5. The molecule has 0 radical (unpaired) electrons. The topological polar surface area (TPSA) is 87.7 Å². The van der Waals surface area contributed by atoms with Gasteiger partial charge in [0.25, 0.3) is 0 Å². The van der Waals surface area contributed by atoms with Gasteiger partial charge in [-0.2, -0.15) is 0 Å². The third-order valence-electron chi connectivity index (χ3n) is 3.44. The third-order valence-corrected chi connectivity index (χ3v) is 3.44. The van der Waals surface area contributed by atoms with Crippen molar-refractivity contribution in [2.45, 2.75) is 31.8 Å². The molecule has 1 atom stereocenters. The van der Waals surface area contributed by atoms with E-state index in [0.717, 1.165) is 31.4 Å². The number of urea groups is 1. The van der Waals surface area contributed by atoms with E-state index in [4.69, 9.17) is 9.84 Å². The molecule has 1 unspecified atom stereocenters. The first-order valence-electron chi connectivity index (χ1n) is 7.09. The van der Waals surface area contributed by atoms with E-state index in [1.807, 2.05) is 0 Å². The lowest BCUT2D eigenvalue weighted by atomic mass is 10.1. The molecule has 6 heteroatoms. The Kier molecular flexibility index (Phi) is 5.57.